The molecule has 2 aromatic carbocycles. The molecule has 0 radical (unpaired) electrons. The first-order valence-corrected chi connectivity index (χ1v) is 8.79. The van der Waals surface area contributed by atoms with Gasteiger partial charge in [-0.1, -0.05) is 24.3 Å². The highest BCUT2D eigenvalue weighted by molar-refractivity contribution is 6.07. The van der Waals surface area contributed by atoms with Crippen molar-refractivity contribution in [3.05, 3.63) is 71.0 Å². The molecule has 7 nitrogen and oxygen atoms in total. The molecule has 28 heavy (non-hydrogen) atoms. The number of para-hydroxylation sites is 2. The average molecular weight is 371 g/mol. The lowest BCUT2D eigenvalue weighted by molar-refractivity contribution is -0.131. The first-order valence-electron chi connectivity index (χ1n) is 8.79. The molecule has 0 aliphatic carbocycles. The second-order valence-electron chi connectivity index (χ2n) is 6.88. The molecular weight excluding hydrogens is 354 g/mol. The van der Waals surface area contributed by atoms with Gasteiger partial charge in [-0.2, -0.15) is 5.26 Å². The number of carbonyl (C=O) groups excluding carboxylic acids is 2. The van der Waals surface area contributed by atoms with E-state index in [4.69, 9.17) is 5.26 Å². The van der Waals surface area contributed by atoms with E-state index in [1.807, 2.05) is 37.3 Å². The summed E-state index contributed by atoms with van der Waals surface area (Å²) in [4.78, 5) is 35.9. The van der Waals surface area contributed by atoms with Crippen molar-refractivity contribution in [2.45, 2.75) is 25.9 Å². The van der Waals surface area contributed by atoms with E-state index in [0.717, 1.165) is 10.4 Å². The number of aryl methyl sites for hydroxylation is 1. The van der Waals surface area contributed by atoms with E-state index in [1.165, 1.54) is 0 Å². The molecule has 1 fully saturated rings. The number of carbonyl (C=O) groups is 2. The van der Waals surface area contributed by atoms with Gasteiger partial charge in [0, 0.05) is 0 Å². The number of aromatic nitrogens is 2. The third kappa shape index (κ3) is 2.76. The largest absolute Gasteiger partial charge is 0.325 e. The van der Waals surface area contributed by atoms with E-state index < -0.39 is 11.6 Å². The van der Waals surface area contributed by atoms with Gasteiger partial charge in [0.2, 0.25) is 0 Å². The summed E-state index contributed by atoms with van der Waals surface area (Å²) in [6, 6.07) is 15.6. The number of nitrogens with zero attached hydrogens (tertiary/aromatic N) is 4. The minimum atomic E-state index is -1.19. The zero-order chi connectivity index (χ0) is 19.9. The van der Waals surface area contributed by atoms with Gasteiger partial charge in [0.1, 0.15) is 5.54 Å². The Morgan fingerprint density at radius 2 is 1.71 bits per heavy atom. The van der Waals surface area contributed by atoms with Gasteiger partial charge in [-0.25, -0.2) is 14.8 Å². The van der Waals surface area contributed by atoms with Crippen molar-refractivity contribution in [1.29, 1.82) is 5.26 Å². The fraction of sp³-hybridized carbons (Fsp3) is 0.190. The summed E-state index contributed by atoms with van der Waals surface area (Å²) < 4.78 is 0. The molecule has 1 saturated heterocycles. The Balaban J connectivity index is 1.66. The van der Waals surface area contributed by atoms with Crippen LogP contribution in [-0.4, -0.2) is 26.8 Å². The predicted molar refractivity (Wildman–Crippen MR) is 102 cm³/mol. The molecule has 2 heterocycles. The van der Waals surface area contributed by atoms with Crippen molar-refractivity contribution in [3.8, 4) is 6.07 Å². The number of benzene rings is 2. The fourth-order valence-electron chi connectivity index (χ4n) is 3.34. The molecule has 3 aromatic rings. The van der Waals surface area contributed by atoms with Crippen LogP contribution >= 0.6 is 0 Å². The van der Waals surface area contributed by atoms with E-state index >= 15 is 0 Å². The van der Waals surface area contributed by atoms with Crippen LogP contribution in [0.1, 0.15) is 29.4 Å². The minimum Gasteiger partial charge on any atom is -0.319 e. The van der Waals surface area contributed by atoms with Gasteiger partial charge in [-0.3, -0.25) is 9.69 Å². The van der Waals surface area contributed by atoms with Crippen LogP contribution in [0.5, 0.6) is 0 Å². The highest BCUT2D eigenvalue weighted by Gasteiger charge is 2.49. The standard InChI is InChI=1S/C21H17N5O2/c1-13-18(24-17-6-4-3-5-16(17)23-13)12-26-19(27)21(2,25-20(26)28)15-9-7-14(11-22)8-10-15/h3-10H,12H2,1-2H3,(H,25,28). The minimum absolute atomic E-state index is 0.0419. The summed E-state index contributed by atoms with van der Waals surface area (Å²) in [5, 5.41) is 11.7. The maximum atomic E-state index is 13.1. The third-order valence-electron chi connectivity index (χ3n) is 5.02. The van der Waals surface area contributed by atoms with E-state index in [0.29, 0.717) is 28.0 Å². The Bertz CT molecular complexity index is 1150. The lowest BCUT2D eigenvalue weighted by atomic mass is 9.91. The zero-order valence-corrected chi connectivity index (χ0v) is 15.4. The van der Waals surface area contributed by atoms with Gasteiger partial charge in [0.05, 0.1) is 40.6 Å². The summed E-state index contributed by atoms with van der Waals surface area (Å²) in [6.07, 6.45) is 0. The van der Waals surface area contributed by atoms with Crippen LogP contribution in [-0.2, 0) is 16.9 Å². The number of nitrogens with one attached hydrogen (secondary N) is 1. The average Bonchev–Trinajstić information content (AvgIpc) is 2.92. The van der Waals surface area contributed by atoms with Crippen molar-refractivity contribution < 1.29 is 9.59 Å². The number of fused-ring (bicyclic) bond motifs is 1. The predicted octanol–water partition coefficient (Wildman–Crippen LogP) is 2.78. The van der Waals surface area contributed by atoms with Crippen LogP contribution in [0.4, 0.5) is 4.79 Å². The van der Waals surface area contributed by atoms with Crippen molar-refractivity contribution >= 4 is 23.0 Å². The Labute approximate surface area is 161 Å². The molecule has 0 bridgehead atoms. The first kappa shape index (κ1) is 17.6. The van der Waals surface area contributed by atoms with E-state index in [2.05, 4.69) is 15.3 Å². The highest BCUT2D eigenvalue weighted by Crippen LogP contribution is 2.30. The maximum absolute atomic E-state index is 13.1. The Morgan fingerprint density at radius 1 is 1.07 bits per heavy atom. The van der Waals surface area contributed by atoms with Gasteiger partial charge in [0.25, 0.3) is 5.91 Å². The quantitative estimate of drug-likeness (QED) is 0.714. The van der Waals surface area contributed by atoms with Gasteiger partial charge in [-0.05, 0) is 43.7 Å². The van der Waals surface area contributed by atoms with Crippen molar-refractivity contribution in [2.75, 3.05) is 0 Å². The lowest BCUT2D eigenvalue weighted by Crippen LogP contribution is -2.40. The van der Waals surface area contributed by atoms with Crippen LogP contribution in [0, 0.1) is 18.3 Å². The van der Waals surface area contributed by atoms with Gasteiger partial charge >= 0.3 is 6.03 Å². The molecule has 0 saturated carbocycles. The molecule has 1 N–H and O–H groups in total. The third-order valence-corrected chi connectivity index (χ3v) is 5.02. The van der Waals surface area contributed by atoms with E-state index in [9.17, 15) is 9.59 Å². The Morgan fingerprint density at radius 3 is 2.36 bits per heavy atom. The second kappa shape index (κ2) is 6.43. The van der Waals surface area contributed by atoms with Crippen LogP contribution in [0.25, 0.3) is 11.0 Å². The SMILES string of the molecule is Cc1nc2ccccc2nc1CN1C(=O)NC(C)(c2ccc(C#N)cc2)C1=O. The lowest BCUT2D eigenvalue weighted by Gasteiger charge is -2.22. The second-order valence-corrected chi connectivity index (χ2v) is 6.88. The first-order chi connectivity index (χ1) is 13.4. The van der Waals surface area contributed by atoms with Crippen molar-refractivity contribution in [2.24, 2.45) is 0 Å². The summed E-state index contributed by atoms with van der Waals surface area (Å²) in [7, 11) is 0. The number of nitriles is 1. The van der Waals surface area contributed by atoms with Crippen LogP contribution in [0.3, 0.4) is 0 Å². The zero-order valence-electron chi connectivity index (χ0n) is 15.4. The molecular formula is C21H17N5O2. The molecule has 1 aliphatic rings. The smallest absolute Gasteiger partial charge is 0.319 e. The van der Waals surface area contributed by atoms with Gasteiger partial charge in [0.15, 0.2) is 0 Å². The van der Waals surface area contributed by atoms with Crippen molar-refractivity contribution in [3.63, 3.8) is 0 Å². The van der Waals surface area contributed by atoms with Gasteiger partial charge < -0.3 is 5.32 Å². The summed E-state index contributed by atoms with van der Waals surface area (Å²) in [5.74, 6) is -0.364. The number of hydrogen-bond donors (Lipinski definition) is 1. The molecule has 1 atom stereocenters. The molecule has 1 unspecified atom stereocenters. The monoisotopic (exact) mass is 371 g/mol. The molecule has 3 amide bonds. The summed E-state index contributed by atoms with van der Waals surface area (Å²) in [5.41, 5.74) is 2.64. The van der Waals surface area contributed by atoms with Crippen molar-refractivity contribution in [1.82, 2.24) is 20.2 Å². The Kier molecular flexibility index (Phi) is 4.04. The normalized spacial score (nSPS) is 19.0. The summed E-state index contributed by atoms with van der Waals surface area (Å²) in [6.45, 7) is 3.51. The molecule has 7 heteroatoms. The Hall–Kier alpha value is -3.79. The number of amides is 3. The number of rotatable bonds is 3. The number of urea groups is 1. The molecule has 1 aliphatic heterocycles. The van der Waals surface area contributed by atoms with Crippen LogP contribution in [0.2, 0.25) is 0 Å². The maximum Gasteiger partial charge on any atom is 0.325 e. The van der Waals surface area contributed by atoms with E-state index in [-0.39, 0.29) is 12.5 Å². The topological polar surface area (TPSA) is 99.0 Å². The summed E-state index contributed by atoms with van der Waals surface area (Å²) >= 11 is 0. The molecule has 138 valence electrons. The highest BCUT2D eigenvalue weighted by atomic mass is 16.2. The molecule has 4 rings (SSSR count). The molecule has 0 spiro atoms. The van der Waals surface area contributed by atoms with Crippen LogP contribution < -0.4 is 5.32 Å². The fourth-order valence-corrected chi connectivity index (χ4v) is 3.34. The van der Waals surface area contributed by atoms with E-state index in [1.54, 1.807) is 31.2 Å². The van der Waals surface area contributed by atoms with Gasteiger partial charge in [-0.15, -0.1) is 0 Å². The van der Waals surface area contributed by atoms with Crippen LogP contribution in [0.15, 0.2) is 48.5 Å². The molecule has 1 aromatic heterocycles. The number of hydrogen-bond acceptors (Lipinski definition) is 5. The number of imide groups is 1.